The molecular weight excluding hydrogens is 314 g/mol. The number of aryl methyl sites for hydroxylation is 1. The lowest BCUT2D eigenvalue weighted by Gasteiger charge is -2.47. The van der Waals surface area contributed by atoms with Crippen LogP contribution in [0.3, 0.4) is 0 Å². The first-order valence-corrected chi connectivity index (χ1v) is 8.53. The number of halogens is 1. The second-order valence-corrected chi connectivity index (χ2v) is 7.25. The van der Waals surface area contributed by atoms with Crippen molar-refractivity contribution in [3.63, 3.8) is 0 Å². The van der Waals surface area contributed by atoms with Crippen LogP contribution in [0.15, 0.2) is 18.3 Å². The van der Waals surface area contributed by atoms with Crippen LogP contribution in [0.1, 0.15) is 25.7 Å². The molecule has 0 saturated heterocycles. The number of aromatic nitrogens is 2. The Morgan fingerprint density at radius 1 is 1.35 bits per heavy atom. The molecule has 3 fully saturated rings. The van der Waals surface area contributed by atoms with Crippen LogP contribution in [0.25, 0.3) is 10.9 Å². The highest BCUT2D eigenvalue weighted by Crippen LogP contribution is 2.46. The smallest absolute Gasteiger partial charge is 0.308 e. The van der Waals surface area contributed by atoms with E-state index in [0.717, 1.165) is 36.6 Å². The summed E-state index contributed by atoms with van der Waals surface area (Å²) in [5, 5.41) is 14.6. The number of aliphatic carboxylic acids is 1. The molecule has 2 heterocycles. The molecule has 0 radical (unpaired) electrons. The van der Waals surface area contributed by atoms with Crippen molar-refractivity contribution >= 4 is 34.3 Å². The van der Waals surface area contributed by atoms with Gasteiger partial charge in [0, 0.05) is 24.7 Å². The van der Waals surface area contributed by atoms with Gasteiger partial charge in [0.25, 0.3) is 0 Å². The molecule has 2 aromatic heterocycles. The molecule has 122 valence electrons. The molecule has 0 amide bonds. The first-order chi connectivity index (χ1) is 11.0. The van der Waals surface area contributed by atoms with Crippen LogP contribution in [-0.4, -0.2) is 26.7 Å². The van der Waals surface area contributed by atoms with E-state index < -0.39 is 5.97 Å². The van der Waals surface area contributed by atoms with E-state index in [1.165, 1.54) is 0 Å². The molecule has 5 rings (SSSR count). The predicted molar refractivity (Wildman–Crippen MR) is 89.7 cm³/mol. The minimum absolute atomic E-state index is 0.0608. The fraction of sp³-hybridized carbons (Fsp3) is 0.529. The number of hydrogen-bond acceptors (Lipinski definition) is 3. The first-order valence-electron chi connectivity index (χ1n) is 8.15. The topological polar surface area (TPSA) is 67.2 Å². The van der Waals surface area contributed by atoms with Gasteiger partial charge in [0.1, 0.15) is 11.0 Å². The van der Waals surface area contributed by atoms with Gasteiger partial charge in [0.15, 0.2) is 0 Å². The number of carboxylic acids is 1. The van der Waals surface area contributed by atoms with Crippen molar-refractivity contribution in [1.29, 1.82) is 0 Å². The fourth-order valence-corrected chi connectivity index (χ4v) is 4.70. The van der Waals surface area contributed by atoms with Crippen molar-refractivity contribution in [2.24, 2.45) is 24.8 Å². The number of pyridine rings is 1. The molecule has 2 aromatic rings. The number of nitrogens with zero attached hydrogens (tertiary/aromatic N) is 2. The summed E-state index contributed by atoms with van der Waals surface area (Å²) < 4.78 is 2.00. The van der Waals surface area contributed by atoms with Gasteiger partial charge in [-0.2, -0.15) is 0 Å². The lowest BCUT2D eigenvalue weighted by atomic mass is 9.61. The number of carbonyl (C=O) groups is 1. The van der Waals surface area contributed by atoms with Gasteiger partial charge in [-0.05, 0) is 49.7 Å². The van der Waals surface area contributed by atoms with Gasteiger partial charge in [-0.25, -0.2) is 4.98 Å². The van der Waals surface area contributed by atoms with E-state index in [-0.39, 0.29) is 17.9 Å². The Morgan fingerprint density at radius 3 is 2.74 bits per heavy atom. The average molecular weight is 334 g/mol. The Labute approximate surface area is 139 Å². The van der Waals surface area contributed by atoms with Crippen LogP contribution in [0, 0.1) is 17.8 Å². The Kier molecular flexibility index (Phi) is 3.48. The van der Waals surface area contributed by atoms with E-state index in [0.29, 0.717) is 16.9 Å². The minimum Gasteiger partial charge on any atom is -0.481 e. The molecule has 0 aliphatic heterocycles. The summed E-state index contributed by atoms with van der Waals surface area (Å²) >= 11 is 6.17. The van der Waals surface area contributed by atoms with Crippen molar-refractivity contribution in [3.8, 4) is 0 Å². The van der Waals surface area contributed by atoms with Crippen LogP contribution >= 0.6 is 11.6 Å². The summed E-state index contributed by atoms with van der Waals surface area (Å²) in [4.78, 5) is 16.2. The SMILES string of the molecule is Cn1ccc2c(NC3C4CCC(CC4)C3C(=O)O)nc(Cl)cc21. The van der Waals surface area contributed by atoms with Gasteiger partial charge >= 0.3 is 5.97 Å². The molecule has 3 aliphatic rings. The van der Waals surface area contributed by atoms with Gasteiger partial charge in [0.2, 0.25) is 0 Å². The molecule has 2 bridgehead atoms. The van der Waals surface area contributed by atoms with Gasteiger partial charge in [0.05, 0.1) is 11.4 Å². The Hall–Kier alpha value is -1.75. The zero-order valence-electron chi connectivity index (χ0n) is 13.0. The number of anilines is 1. The van der Waals surface area contributed by atoms with Gasteiger partial charge in [-0.15, -0.1) is 0 Å². The monoisotopic (exact) mass is 333 g/mol. The molecule has 6 heteroatoms. The third-order valence-electron chi connectivity index (χ3n) is 5.66. The number of carboxylic acid groups (broad SMARTS) is 1. The summed E-state index contributed by atoms with van der Waals surface area (Å²) in [5.41, 5.74) is 1.00. The number of fused-ring (bicyclic) bond motifs is 4. The molecule has 0 spiro atoms. The van der Waals surface area contributed by atoms with Crippen LogP contribution in [0.2, 0.25) is 5.15 Å². The molecule has 0 aromatic carbocycles. The molecule has 3 aliphatic carbocycles. The van der Waals surface area contributed by atoms with E-state index in [9.17, 15) is 9.90 Å². The van der Waals surface area contributed by atoms with E-state index in [1.807, 2.05) is 29.9 Å². The fourth-order valence-electron chi connectivity index (χ4n) is 4.51. The zero-order chi connectivity index (χ0) is 16.1. The maximum absolute atomic E-state index is 11.8. The maximum atomic E-state index is 11.8. The van der Waals surface area contributed by atoms with Crippen LogP contribution in [-0.2, 0) is 11.8 Å². The third-order valence-corrected chi connectivity index (χ3v) is 5.85. The largest absolute Gasteiger partial charge is 0.481 e. The van der Waals surface area contributed by atoms with Crippen LogP contribution in [0.4, 0.5) is 5.82 Å². The highest BCUT2D eigenvalue weighted by atomic mass is 35.5. The zero-order valence-corrected chi connectivity index (χ0v) is 13.8. The van der Waals surface area contributed by atoms with E-state index >= 15 is 0 Å². The van der Waals surface area contributed by atoms with Crippen molar-refractivity contribution in [2.75, 3.05) is 5.32 Å². The third kappa shape index (κ3) is 2.38. The molecule has 5 nitrogen and oxygen atoms in total. The van der Waals surface area contributed by atoms with Gasteiger partial charge in [-0.3, -0.25) is 4.79 Å². The van der Waals surface area contributed by atoms with E-state index in [2.05, 4.69) is 10.3 Å². The molecule has 2 unspecified atom stereocenters. The minimum atomic E-state index is -0.691. The lowest BCUT2D eigenvalue weighted by Crippen LogP contribution is -2.51. The predicted octanol–water partition coefficient (Wildman–Crippen LogP) is 3.53. The number of nitrogens with one attached hydrogen (secondary N) is 1. The Balaban J connectivity index is 1.73. The summed E-state index contributed by atoms with van der Waals surface area (Å²) in [6.07, 6.45) is 6.23. The molecule has 2 atom stereocenters. The molecular formula is C17H20ClN3O2. The highest BCUT2D eigenvalue weighted by molar-refractivity contribution is 6.30. The van der Waals surface area contributed by atoms with Gasteiger partial charge < -0.3 is 15.0 Å². The summed E-state index contributed by atoms with van der Waals surface area (Å²) in [6, 6.07) is 3.77. The van der Waals surface area contributed by atoms with Crippen LogP contribution in [0.5, 0.6) is 0 Å². The van der Waals surface area contributed by atoms with Gasteiger partial charge in [-0.1, -0.05) is 11.6 Å². The summed E-state index contributed by atoms with van der Waals surface area (Å²) in [5.74, 6) is 0.364. The molecule has 3 saturated carbocycles. The first kappa shape index (κ1) is 14.8. The Bertz CT molecular complexity index is 765. The normalized spacial score (nSPS) is 29.8. The van der Waals surface area contributed by atoms with E-state index in [4.69, 9.17) is 11.6 Å². The summed E-state index contributed by atoms with van der Waals surface area (Å²) in [7, 11) is 1.96. The standard InChI is InChI=1S/C17H20ClN3O2/c1-21-7-6-11-12(21)8-13(18)19-16(11)20-15-10-4-2-9(3-5-10)14(15)17(22)23/h6-10,14-15H,2-5H2,1H3,(H,19,20)(H,22,23). The van der Waals surface area contributed by atoms with Crippen molar-refractivity contribution < 1.29 is 9.90 Å². The lowest BCUT2D eigenvalue weighted by molar-refractivity contribution is -0.148. The Morgan fingerprint density at radius 2 is 2.04 bits per heavy atom. The second kappa shape index (κ2) is 5.41. The van der Waals surface area contributed by atoms with Crippen molar-refractivity contribution in [1.82, 2.24) is 9.55 Å². The van der Waals surface area contributed by atoms with Crippen molar-refractivity contribution in [3.05, 3.63) is 23.5 Å². The van der Waals surface area contributed by atoms with Crippen LogP contribution < -0.4 is 5.32 Å². The summed E-state index contributed by atoms with van der Waals surface area (Å²) in [6.45, 7) is 0. The number of rotatable bonds is 3. The highest BCUT2D eigenvalue weighted by Gasteiger charge is 2.47. The molecule has 2 N–H and O–H groups in total. The number of hydrogen-bond donors (Lipinski definition) is 2. The van der Waals surface area contributed by atoms with E-state index in [1.54, 1.807) is 0 Å². The average Bonchev–Trinajstić information content (AvgIpc) is 2.89. The molecule has 23 heavy (non-hydrogen) atoms. The maximum Gasteiger partial charge on any atom is 0.308 e. The quantitative estimate of drug-likeness (QED) is 0.843. The van der Waals surface area contributed by atoms with Crippen molar-refractivity contribution in [2.45, 2.75) is 31.7 Å². The second-order valence-electron chi connectivity index (χ2n) is 6.86.